The maximum Gasteiger partial charge on any atom is 0.251 e. The Labute approximate surface area is 187 Å². The number of nitrogens with one attached hydrogen (secondary N) is 2. The number of benzene rings is 1. The van der Waals surface area contributed by atoms with Gasteiger partial charge in [-0.05, 0) is 55.4 Å². The number of rotatable bonds is 4. The summed E-state index contributed by atoms with van der Waals surface area (Å²) in [6.07, 6.45) is 7.10. The zero-order valence-corrected chi connectivity index (χ0v) is 18.9. The van der Waals surface area contributed by atoms with E-state index < -0.39 is 0 Å². The van der Waals surface area contributed by atoms with Crippen LogP contribution in [0.5, 0.6) is 0 Å². The molecule has 7 heteroatoms. The number of amides is 1. The summed E-state index contributed by atoms with van der Waals surface area (Å²) >= 11 is 0. The summed E-state index contributed by atoms with van der Waals surface area (Å²) in [5, 5.41) is 16.2. The second kappa shape index (κ2) is 7.58. The molecular weight excluding hydrogens is 400 g/mol. The molecule has 0 saturated carbocycles. The van der Waals surface area contributed by atoms with Gasteiger partial charge < -0.3 is 5.32 Å². The van der Waals surface area contributed by atoms with Crippen molar-refractivity contribution in [1.82, 2.24) is 30.3 Å². The molecule has 1 aliphatic rings. The smallest absolute Gasteiger partial charge is 0.251 e. The molecule has 1 aliphatic carbocycles. The van der Waals surface area contributed by atoms with Crippen molar-refractivity contribution >= 4 is 16.9 Å². The van der Waals surface area contributed by atoms with Gasteiger partial charge in [0.15, 0.2) is 5.65 Å². The van der Waals surface area contributed by atoms with Crippen molar-refractivity contribution in [2.45, 2.75) is 46.1 Å². The quantitative estimate of drug-likeness (QED) is 0.507. The Hall–Kier alpha value is -3.48. The average Bonchev–Trinajstić information content (AvgIpc) is 3.40. The fraction of sp³-hybridized carbons (Fsp3) is 0.360. The molecular formula is C25H28N6O. The molecule has 0 fully saturated rings. The van der Waals surface area contributed by atoms with Crippen LogP contribution in [-0.4, -0.2) is 37.9 Å². The first kappa shape index (κ1) is 20.4. The van der Waals surface area contributed by atoms with E-state index in [9.17, 15) is 4.79 Å². The zero-order valence-electron chi connectivity index (χ0n) is 18.9. The van der Waals surface area contributed by atoms with Crippen LogP contribution in [0.3, 0.4) is 0 Å². The van der Waals surface area contributed by atoms with E-state index in [1.54, 1.807) is 7.05 Å². The molecule has 4 aromatic rings. The molecule has 7 nitrogen and oxygen atoms in total. The van der Waals surface area contributed by atoms with Gasteiger partial charge in [0.05, 0.1) is 11.7 Å². The lowest BCUT2D eigenvalue weighted by molar-refractivity contribution is 0.0963. The number of carbonyl (C=O) groups excluding carboxylic acids is 1. The molecule has 1 amide bonds. The van der Waals surface area contributed by atoms with E-state index in [-0.39, 0.29) is 11.9 Å². The molecule has 0 bridgehead atoms. The van der Waals surface area contributed by atoms with Gasteiger partial charge in [-0.1, -0.05) is 26.0 Å². The molecule has 32 heavy (non-hydrogen) atoms. The Morgan fingerprint density at radius 1 is 1.28 bits per heavy atom. The monoisotopic (exact) mass is 428 g/mol. The molecule has 2 N–H and O–H groups in total. The Morgan fingerprint density at radius 3 is 2.94 bits per heavy atom. The van der Waals surface area contributed by atoms with Gasteiger partial charge in [0.1, 0.15) is 0 Å². The summed E-state index contributed by atoms with van der Waals surface area (Å²) in [6, 6.07) is 9.73. The second-order valence-corrected chi connectivity index (χ2v) is 9.50. The Balaban J connectivity index is 1.47. The number of pyridine rings is 1. The van der Waals surface area contributed by atoms with Gasteiger partial charge in [-0.3, -0.25) is 14.6 Å². The summed E-state index contributed by atoms with van der Waals surface area (Å²) in [4.78, 5) is 16.6. The molecule has 1 atom stereocenters. The van der Waals surface area contributed by atoms with Crippen molar-refractivity contribution < 1.29 is 4.79 Å². The molecule has 5 rings (SSSR count). The predicted octanol–water partition coefficient (Wildman–Crippen LogP) is 4.31. The van der Waals surface area contributed by atoms with Crippen LogP contribution in [0.4, 0.5) is 0 Å². The fourth-order valence-electron chi connectivity index (χ4n) is 4.58. The summed E-state index contributed by atoms with van der Waals surface area (Å²) in [5.74, 6) is -0.0956. The van der Waals surface area contributed by atoms with E-state index in [0.717, 1.165) is 41.5 Å². The van der Waals surface area contributed by atoms with Crippen molar-refractivity contribution in [3.63, 3.8) is 0 Å². The van der Waals surface area contributed by atoms with E-state index >= 15 is 0 Å². The van der Waals surface area contributed by atoms with E-state index in [1.807, 2.05) is 41.3 Å². The standard InChI is InChI=1S/C25H28N6O/c1-15(16-6-5-7-17(10-16)24(32)26-4)31-14-19-11-18(13-27-23(19)30-31)22-20-8-9-25(2,3)12-21(20)28-29-22/h5-7,10-11,13-15H,8-9,12H2,1-4H3,(H,26,32)(H,28,29). The highest BCUT2D eigenvalue weighted by Crippen LogP contribution is 2.38. The summed E-state index contributed by atoms with van der Waals surface area (Å²) in [6.45, 7) is 6.69. The number of nitrogens with zero attached hydrogens (tertiary/aromatic N) is 4. The second-order valence-electron chi connectivity index (χ2n) is 9.50. The highest BCUT2D eigenvalue weighted by Gasteiger charge is 2.29. The highest BCUT2D eigenvalue weighted by atomic mass is 16.1. The molecule has 1 aromatic carbocycles. The average molecular weight is 429 g/mol. The number of aromatic nitrogens is 5. The van der Waals surface area contributed by atoms with Crippen LogP contribution in [0.15, 0.2) is 42.7 Å². The van der Waals surface area contributed by atoms with Crippen LogP contribution in [0.25, 0.3) is 22.3 Å². The number of hydrogen-bond donors (Lipinski definition) is 2. The first-order chi connectivity index (χ1) is 15.3. The van der Waals surface area contributed by atoms with Gasteiger partial charge in [-0.25, -0.2) is 4.98 Å². The van der Waals surface area contributed by atoms with E-state index in [0.29, 0.717) is 16.6 Å². The first-order valence-electron chi connectivity index (χ1n) is 11.1. The van der Waals surface area contributed by atoms with Gasteiger partial charge in [-0.2, -0.15) is 10.2 Å². The van der Waals surface area contributed by atoms with Crippen molar-refractivity contribution in [3.8, 4) is 11.3 Å². The Bertz CT molecular complexity index is 1320. The topological polar surface area (TPSA) is 88.5 Å². The third kappa shape index (κ3) is 3.57. The van der Waals surface area contributed by atoms with Crippen LogP contribution in [0.2, 0.25) is 0 Å². The predicted molar refractivity (Wildman–Crippen MR) is 125 cm³/mol. The molecule has 3 heterocycles. The molecule has 0 spiro atoms. The molecule has 0 aliphatic heterocycles. The lowest BCUT2D eigenvalue weighted by atomic mass is 9.76. The summed E-state index contributed by atoms with van der Waals surface area (Å²) in [5.41, 5.74) is 7.25. The normalized spacial score (nSPS) is 16.0. The van der Waals surface area contributed by atoms with Gasteiger partial charge in [0.25, 0.3) is 5.91 Å². The van der Waals surface area contributed by atoms with E-state index in [1.165, 1.54) is 11.3 Å². The third-order valence-electron chi connectivity index (χ3n) is 6.57. The SMILES string of the molecule is CNC(=O)c1cccc(C(C)n2cc3cc(-c4n[nH]c5c4CCC(C)(C)C5)cnc3n2)c1. The van der Waals surface area contributed by atoms with Crippen molar-refractivity contribution in [3.05, 3.63) is 65.1 Å². The number of fused-ring (bicyclic) bond motifs is 2. The fourth-order valence-corrected chi connectivity index (χ4v) is 4.58. The zero-order chi connectivity index (χ0) is 22.5. The molecule has 1 unspecified atom stereocenters. The van der Waals surface area contributed by atoms with Crippen molar-refractivity contribution in [2.75, 3.05) is 7.05 Å². The van der Waals surface area contributed by atoms with Gasteiger partial charge in [0.2, 0.25) is 0 Å². The minimum absolute atomic E-state index is 0.0300. The first-order valence-corrected chi connectivity index (χ1v) is 11.1. The summed E-state index contributed by atoms with van der Waals surface area (Å²) < 4.78 is 1.91. The van der Waals surface area contributed by atoms with Gasteiger partial charge in [0, 0.05) is 47.2 Å². The van der Waals surface area contributed by atoms with Crippen molar-refractivity contribution in [1.29, 1.82) is 0 Å². The minimum Gasteiger partial charge on any atom is -0.355 e. The van der Waals surface area contributed by atoms with Crippen LogP contribution < -0.4 is 5.32 Å². The Kier molecular flexibility index (Phi) is 4.84. The lowest BCUT2D eigenvalue weighted by Gasteiger charge is -2.29. The molecule has 3 aromatic heterocycles. The molecule has 0 saturated heterocycles. The maximum absolute atomic E-state index is 12.0. The molecule has 0 radical (unpaired) electrons. The number of carbonyl (C=O) groups is 1. The Morgan fingerprint density at radius 2 is 2.12 bits per heavy atom. The lowest BCUT2D eigenvalue weighted by Crippen LogP contribution is -2.21. The summed E-state index contributed by atoms with van der Waals surface area (Å²) in [7, 11) is 1.64. The minimum atomic E-state index is -0.0956. The largest absolute Gasteiger partial charge is 0.355 e. The van der Waals surface area contributed by atoms with Crippen LogP contribution in [-0.2, 0) is 12.8 Å². The molecule has 164 valence electrons. The van der Waals surface area contributed by atoms with E-state index in [4.69, 9.17) is 0 Å². The van der Waals surface area contributed by atoms with Crippen molar-refractivity contribution in [2.24, 2.45) is 5.41 Å². The van der Waals surface area contributed by atoms with E-state index in [2.05, 4.69) is 52.4 Å². The number of hydrogen-bond acceptors (Lipinski definition) is 4. The van der Waals surface area contributed by atoms with Gasteiger partial charge >= 0.3 is 0 Å². The van der Waals surface area contributed by atoms with Crippen LogP contribution in [0.1, 0.15) is 60.4 Å². The maximum atomic E-state index is 12.0. The van der Waals surface area contributed by atoms with Crippen LogP contribution >= 0.6 is 0 Å². The third-order valence-corrected chi connectivity index (χ3v) is 6.57. The number of H-pyrrole nitrogens is 1. The number of aromatic amines is 1. The highest BCUT2D eigenvalue weighted by molar-refractivity contribution is 5.94. The van der Waals surface area contributed by atoms with Crippen LogP contribution in [0, 0.1) is 5.41 Å². The van der Waals surface area contributed by atoms with Gasteiger partial charge in [-0.15, -0.1) is 0 Å².